The minimum atomic E-state index is -1.38. The van der Waals surface area contributed by atoms with Gasteiger partial charge in [0.1, 0.15) is 12.5 Å². The Balaban J connectivity index is 2.05. The Labute approximate surface area is 113 Å². The zero-order valence-corrected chi connectivity index (χ0v) is 10.3. The van der Waals surface area contributed by atoms with Crippen molar-refractivity contribution in [1.29, 1.82) is 0 Å². The monoisotopic (exact) mass is 273 g/mol. The van der Waals surface area contributed by atoms with Gasteiger partial charge < -0.3 is 10.1 Å². The molecule has 1 spiro atoms. The van der Waals surface area contributed by atoms with Crippen LogP contribution in [0, 0.1) is 10.7 Å². The first-order valence-corrected chi connectivity index (χ1v) is 6.21. The predicted octanol–water partition coefficient (Wildman–Crippen LogP) is 1.41. The molecule has 1 fully saturated rings. The summed E-state index contributed by atoms with van der Waals surface area (Å²) in [4.78, 5) is 23.9. The number of ether oxygens (including phenoxy) is 1. The van der Waals surface area contributed by atoms with E-state index in [2.05, 4.69) is 5.32 Å². The van der Waals surface area contributed by atoms with Crippen LogP contribution in [0.2, 0.25) is 0 Å². The largest absolute Gasteiger partial charge is 0.335 e. The summed E-state index contributed by atoms with van der Waals surface area (Å²) in [6.07, 6.45) is 4.42. The van der Waals surface area contributed by atoms with E-state index in [0.29, 0.717) is 15.9 Å². The third-order valence-corrected chi connectivity index (χ3v) is 4.00. The minimum absolute atomic E-state index is 0.0431. The fourth-order valence-corrected chi connectivity index (χ4v) is 3.19. The molecule has 1 aliphatic carbocycles. The van der Waals surface area contributed by atoms with Gasteiger partial charge in [-0.2, -0.15) is 0 Å². The van der Waals surface area contributed by atoms with Gasteiger partial charge in [-0.25, -0.2) is 4.39 Å². The summed E-state index contributed by atoms with van der Waals surface area (Å²) in [6.45, 7) is 0.0431. The third-order valence-electron chi connectivity index (χ3n) is 4.00. The van der Waals surface area contributed by atoms with Gasteiger partial charge >= 0.3 is 0 Å². The highest BCUT2D eigenvalue weighted by Crippen LogP contribution is 2.54. The molecule has 0 saturated carbocycles. The summed E-state index contributed by atoms with van der Waals surface area (Å²) in [5, 5.41) is 2.59. The summed E-state index contributed by atoms with van der Waals surface area (Å²) in [7, 11) is 0. The standard InChI is InChI=1S/C14H9FN2O3/c15-8-1-2-9-10-3-4-17(19)6-12(10)14(11(9)5-8)13(18)16-7-20-14/h1-6,10H,7H2/p+1. The SMILES string of the molecule is O=C1NCOC12C1=C[N+](=O)C=CC1c1ccc(F)cc12. The Morgan fingerprint density at radius 3 is 3.05 bits per heavy atom. The second-order valence-corrected chi connectivity index (χ2v) is 4.97. The van der Waals surface area contributed by atoms with Crippen LogP contribution in [-0.4, -0.2) is 17.4 Å². The molecule has 1 aromatic carbocycles. The van der Waals surface area contributed by atoms with Crippen molar-refractivity contribution in [2.24, 2.45) is 0 Å². The maximum Gasteiger partial charge on any atom is 0.263 e. The number of carbonyl (C=O) groups excluding carboxylic acids is 1. The maximum absolute atomic E-state index is 13.6. The molecule has 20 heavy (non-hydrogen) atoms. The molecule has 5 nitrogen and oxygen atoms in total. The van der Waals surface area contributed by atoms with Gasteiger partial charge in [0, 0.05) is 16.4 Å². The number of hydrogen-bond acceptors (Lipinski definition) is 3. The number of rotatable bonds is 0. The number of nitrogens with zero attached hydrogens (tertiary/aromatic N) is 1. The molecule has 0 bridgehead atoms. The number of nitrogens with one attached hydrogen (secondary N) is 1. The highest BCUT2D eigenvalue weighted by molar-refractivity contribution is 5.94. The average molecular weight is 273 g/mol. The first kappa shape index (κ1) is 11.5. The molecular weight excluding hydrogens is 263 g/mol. The van der Waals surface area contributed by atoms with Gasteiger partial charge in [0.25, 0.3) is 5.91 Å². The zero-order chi connectivity index (χ0) is 13.9. The summed E-state index contributed by atoms with van der Waals surface area (Å²) in [5.74, 6) is -1.03. The van der Waals surface area contributed by atoms with Crippen LogP contribution in [0.15, 0.2) is 42.2 Å². The number of nitroso groups, excluding NO2 is 1. The van der Waals surface area contributed by atoms with E-state index in [1.54, 1.807) is 12.1 Å². The second-order valence-electron chi connectivity index (χ2n) is 4.97. The molecule has 0 aromatic heterocycles. The van der Waals surface area contributed by atoms with Gasteiger partial charge in [-0.1, -0.05) is 6.07 Å². The van der Waals surface area contributed by atoms with Crippen LogP contribution in [0.3, 0.4) is 0 Å². The number of amides is 1. The maximum atomic E-state index is 13.6. The zero-order valence-electron chi connectivity index (χ0n) is 10.3. The lowest BCUT2D eigenvalue weighted by atomic mass is 9.88. The molecule has 1 saturated heterocycles. The van der Waals surface area contributed by atoms with E-state index < -0.39 is 11.4 Å². The van der Waals surface area contributed by atoms with Gasteiger partial charge in [0.05, 0.1) is 10.3 Å². The van der Waals surface area contributed by atoms with E-state index in [0.717, 1.165) is 5.56 Å². The van der Waals surface area contributed by atoms with Crippen LogP contribution in [-0.2, 0) is 15.1 Å². The molecule has 100 valence electrons. The van der Waals surface area contributed by atoms with E-state index in [4.69, 9.17) is 4.74 Å². The van der Waals surface area contributed by atoms with Gasteiger partial charge in [0.2, 0.25) is 18.0 Å². The van der Waals surface area contributed by atoms with E-state index in [1.807, 2.05) is 0 Å². The molecule has 1 aromatic rings. The smallest absolute Gasteiger partial charge is 0.263 e. The van der Waals surface area contributed by atoms with Gasteiger partial charge in [-0.15, -0.1) is 0 Å². The van der Waals surface area contributed by atoms with Crippen LogP contribution < -0.4 is 5.32 Å². The van der Waals surface area contributed by atoms with Crippen molar-refractivity contribution in [1.82, 2.24) is 5.32 Å². The Bertz CT molecular complexity index is 725. The molecule has 0 radical (unpaired) electrons. The fourth-order valence-electron chi connectivity index (χ4n) is 3.19. The highest BCUT2D eigenvalue weighted by Gasteiger charge is 2.59. The molecule has 2 aliphatic heterocycles. The van der Waals surface area contributed by atoms with E-state index in [-0.39, 0.29) is 18.6 Å². The van der Waals surface area contributed by atoms with Crippen LogP contribution in [0.1, 0.15) is 17.0 Å². The van der Waals surface area contributed by atoms with Crippen molar-refractivity contribution in [3.8, 4) is 0 Å². The summed E-state index contributed by atoms with van der Waals surface area (Å²) >= 11 is 0. The minimum Gasteiger partial charge on any atom is -0.335 e. The van der Waals surface area contributed by atoms with Gasteiger partial charge in [-0.3, -0.25) is 4.79 Å². The topological polar surface area (TPSA) is 58.4 Å². The van der Waals surface area contributed by atoms with E-state index in [9.17, 15) is 14.1 Å². The first-order chi connectivity index (χ1) is 9.63. The Morgan fingerprint density at radius 1 is 1.45 bits per heavy atom. The van der Waals surface area contributed by atoms with Crippen molar-refractivity contribution in [2.45, 2.75) is 11.5 Å². The van der Waals surface area contributed by atoms with Crippen molar-refractivity contribution < 1.29 is 18.7 Å². The number of halogens is 1. The Kier molecular flexibility index (Phi) is 2.07. The number of fused-ring (bicyclic) bond motifs is 5. The average Bonchev–Trinajstić information content (AvgIpc) is 2.92. The summed E-state index contributed by atoms with van der Waals surface area (Å²) < 4.78 is 19.8. The van der Waals surface area contributed by atoms with Crippen LogP contribution in [0.5, 0.6) is 0 Å². The lowest BCUT2D eigenvalue weighted by molar-refractivity contribution is -0.406. The molecule has 6 heteroatoms. The predicted molar refractivity (Wildman–Crippen MR) is 65.8 cm³/mol. The quantitative estimate of drug-likeness (QED) is 0.727. The van der Waals surface area contributed by atoms with Crippen molar-refractivity contribution in [2.75, 3.05) is 6.73 Å². The number of allylic oxidation sites excluding steroid dienone is 1. The number of benzene rings is 1. The third kappa shape index (κ3) is 1.21. The molecular formula is C14H10FN2O3+. The van der Waals surface area contributed by atoms with Crippen LogP contribution in [0.4, 0.5) is 4.39 Å². The molecule has 4 rings (SSSR count). The van der Waals surface area contributed by atoms with Crippen molar-refractivity contribution in [3.05, 3.63) is 64.1 Å². The lowest BCUT2D eigenvalue weighted by Gasteiger charge is -2.22. The van der Waals surface area contributed by atoms with E-state index >= 15 is 0 Å². The Hall–Kier alpha value is -2.34. The summed E-state index contributed by atoms with van der Waals surface area (Å²) in [5.41, 5.74) is 0.420. The second kappa shape index (κ2) is 3.61. The van der Waals surface area contributed by atoms with Crippen molar-refractivity contribution in [3.63, 3.8) is 0 Å². The Morgan fingerprint density at radius 2 is 2.30 bits per heavy atom. The van der Waals surface area contributed by atoms with Crippen molar-refractivity contribution >= 4 is 5.91 Å². The van der Waals surface area contributed by atoms with Gasteiger partial charge in [0.15, 0.2) is 0 Å². The molecule has 2 unspecified atom stereocenters. The summed E-state index contributed by atoms with van der Waals surface area (Å²) in [6, 6.07) is 4.29. The highest BCUT2D eigenvalue weighted by atomic mass is 19.1. The van der Waals surface area contributed by atoms with Crippen LogP contribution in [0.25, 0.3) is 0 Å². The number of carbonyl (C=O) groups is 1. The molecule has 1 N–H and O–H groups in total. The normalized spacial score (nSPS) is 30.2. The molecule has 1 amide bonds. The molecule has 2 heterocycles. The molecule has 3 aliphatic rings. The number of hydrogen-bond donors (Lipinski definition) is 1. The fraction of sp³-hybridized carbons (Fsp3) is 0.214. The first-order valence-electron chi connectivity index (χ1n) is 6.21. The van der Waals surface area contributed by atoms with Crippen LogP contribution >= 0.6 is 0 Å². The molecule has 2 atom stereocenters. The van der Waals surface area contributed by atoms with Gasteiger partial charge in [-0.05, 0) is 23.8 Å². The van der Waals surface area contributed by atoms with E-state index in [1.165, 1.54) is 24.5 Å². The lowest BCUT2D eigenvalue weighted by Crippen LogP contribution is -2.37.